The van der Waals surface area contributed by atoms with Crippen molar-refractivity contribution >= 4 is 29.2 Å². The minimum atomic E-state index is -3.06. The van der Waals surface area contributed by atoms with Crippen molar-refractivity contribution in [3.63, 3.8) is 0 Å². The van der Waals surface area contributed by atoms with Crippen LogP contribution in [-0.2, 0) is 0 Å². The van der Waals surface area contributed by atoms with Crippen LogP contribution in [0.3, 0.4) is 0 Å². The average Bonchev–Trinajstić information content (AvgIpc) is 2.72. The van der Waals surface area contributed by atoms with Crippen molar-refractivity contribution in [2.75, 3.05) is 0 Å². The summed E-state index contributed by atoms with van der Waals surface area (Å²) in [5, 5.41) is 9.26. The standard InChI is InChI=1S/C11H5Cl2F2NO3/c12-5-1-4(2-6(13)3-5)10-16-7(9(14)15)8(19-10)11(17)18/h1-3,9H,(H,17,18). The average molecular weight is 308 g/mol. The molecule has 4 nitrogen and oxygen atoms in total. The Kier molecular flexibility index (Phi) is 3.73. The maximum atomic E-state index is 12.6. The van der Waals surface area contributed by atoms with Crippen LogP contribution in [0, 0.1) is 0 Å². The van der Waals surface area contributed by atoms with Gasteiger partial charge < -0.3 is 9.52 Å². The Labute approximate surface area is 115 Å². The summed E-state index contributed by atoms with van der Waals surface area (Å²) in [6.07, 6.45) is -3.06. The minimum Gasteiger partial charge on any atom is -0.475 e. The molecule has 0 saturated carbocycles. The molecule has 1 aromatic heterocycles. The van der Waals surface area contributed by atoms with Crippen LogP contribution in [0.25, 0.3) is 11.5 Å². The van der Waals surface area contributed by atoms with Crippen LogP contribution in [0.15, 0.2) is 22.6 Å². The highest BCUT2D eigenvalue weighted by molar-refractivity contribution is 6.35. The quantitative estimate of drug-likeness (QED) is 0.919. The third-order valence-corrected chi connectivity index (χ3v) is 2.60. The zero-order valence-electron chi connectivity index (χ0n) is 9.03. The summed E-state index contributed by atoms with van der Waals surface area (Å²) in [4.78, 5) is 14.3. The number of hydrogen-bond donors (Lipinski definition) is 1. The molecule has 0 aliphatic heterocycles. The number of halogens is 4. The molecule has 19 heavy (non-hydrogen) atoms. The number of carboxylic acid groups (broad SMARTS) is 1. The molecule has 8 heteroatoms. The van der Waals surface area contributed by atoms with Crippen LogP contribution in [0.4, 0.5) is 8.78 Å². The predicted molar refractivity (Wildman–Crippen MR) is 63.9 cm³/mol. The molecule has 2 rings (SSSR count). The Morgan fingerprint density at radius 2 is 1.84 bits per heavy atom. The number of aromatic nitrogens is 1. The summed E-state index contributed by atoms with van der Waals surface area (Å²) in [5.74, 6) is -2.81. The summed E-state index contributed by atoms with van der Waals surface area (Å²) < 4.78 is 30.1. The van der Waals surface area contributed by atoms with Gasteiger partial charge in [-0.3, -0.25) is 0 Å². The zero-order chi connectivity index (χ0) is 14.2. The fourth-order valence-electron chi connectivity index (χ4n) is 1.43. The molecule has 100 valence electrons. The minimum absolute atomic E-state index is 0.215. The van der Waals surface area contributed by atoms with Crippen molar-refractivity contribution in [3.8, 4) is 11.5 Å². The molecule has 0 radical (unpaired) electrons. The number of oxazole rings is 1. The lowest BCUT2D eigenvalue weighted by molar-refractivity contribution is 0.0647. The van der Waals surface area contributed by atoms with E-state index in [9.17, 15) is 13.6 Å². The molecule has 0 fully saturated rings. The molecule has 0 amide bonds. The van der Waals surface area contributed by atoms with Gasteiger partial charge >= 0.3 is 5.97 Å². The normalized spacial score (nSPS) is 11.0. The molecule has 0 atom stereocenters. The molecule has 1 N–H and O–H groups in total. The van der Waals surface area contributed by atoms with Crippen LogP contribution < -0.4 is 0 Å². The van der Waals surface area contributed by atoms with Gasteiger partial charge in [0.25, 0.3) is 6.43 Å². The van der Waals surface area contributed by atoms with Crippen molar-refractivity contribution in [1.29, 1.82) is 0 Å². The van der Waals surface area contributed by atoms with E-state index in [0.717, 1.165) is 0 Å². The topological polar surface area (TPSA) is 63.3 Å². The van der Waals surface area contributed by atoms with Gasteiger partial charge in [-0.2, -0.15) is 0 Å². The fraction of sp³-hybridized carbons (Fsp3) is 0.0909. The number of carbonyl (C=O) groups is 1. The number of aromatic carboxylic acids is 1. The van der Waals surface area contributed by atoms with Crippen LogP contribution in [0.2, 0.25) is 10.0 Å². The van der Waals surface area contributed by atoms with Gasteiger partial charge in [0.05, 0.1) is 0 Å². The number of alkyl halides is 2. The van der Waals surface area contributed by atoms with Gasteiger partial charge in [-0.1, -0.05) is 23.2 Å². The van der Waals surface area contributed by atoms with Crippen molar-refractivity contribution < 1.29 is 23.1 Å². The molecule has 0 spiro atoms. The molecule has 0 aliphatic carbocycles. The molecular formula is C11H5Cl2F2NO3. The Bertz CT molecular complexity index is 623. The summed E-state index contributed by atoms with van der Waals surface area (Å²) in [7, 11) is 0. The second-order valence-corrected chi connectivity index (χ2v) is 4.37. The molecule has 0 bridgehead atoms. The summed E-state index contributed by atoms with van der Waals surface area (Å²) in [5.41, 5.74) is -0.717. The van der Waals surface area contributed by atoms with Crippen molar-refractivity contribution in [3.05, 3.63) is 39.7 Å². The lowest BCUT2D eigenvalue weighted by Gasteiger charge is -1.97. The van der Waals surface area contributed by atoms with Crippen LogP contribution in [0.1, 0.15) is 22.7 Å². The highest BCUT2D eigenvalue weighted by Crippen LogP contribution is 2.31. The van der Waals surface area contributed by atoms with E-state index in [-0.39, 0.29) is 21.5 Å². The Morgan fingerprint density at radius 3 is 2.26 bits per heavy atom. The monoisotopic (exact) mass is 307 g/mol. The number of benzene rings is 1. The first-order chi connectivity index (χ1) is 8.88. The number of hydrogen-bond acceptors (Lipinski definition) is 3. The van der Waals surface area contributed by atoms with Gasteiger partial charge in [-0.15, -0.1) is 0 Å². The van der Waals surface area contributed by atoms with E-state index in [2.05, 4.69) is 4.98 Å². The molecule has 0 aliphatic rings. The summed E-state index contributed by atoms with van der Waals surface area (Å²) in [6.45, 7) is 0. The molecule has 2 aromatic rings. The fourth-order valence-corrected chi connectivity index (χ4v) is 1.96. The van der Waals surface area contributed by atoms with Crippen LogP contribution in [0.5, 0.6) is 0 Å². The SMILES string of the molecule is O=C(O)c1oc(-c2cc(Cl)cc(Cl)c2)nc1C(F)F. The largest absolute Gasteiger partial charge is 0.475 e. The molecule has 0 unspecified atom stereocenters. The van der Waals surface area contributed by atoms with Gasteiger partial charge in [0.1, 0.15) is 0 Å². The Balaban J connectivity index is 2.57. The lowest BCUT2D eigenvalue weighted by Crippen LogP contribution is -1.99. The molecule has 1 heterocycles. The Hall–Kier alpha value is -1.66. The molecule has 0 saturated heterocycles. The first-order valence-corrected chi connectivity index (χ1v) is 5.62. The number of carboxylic acids is 1. The van der Waals surface area contributed by atoms with Crippen molar-refractivity contribution in [1.82, 2.24) is 4.98 Å². The van der Waals surface area contributed by atoms with Gasteiger partial charge in [-0.25, -0.2) is 18.6 Å². The van der Waals surface area contributed by atoms with E-state index < -0.39 is 23.8 Å². The predicted octanol–water partition coefficient (Wildman–Crippen LogP) is 4.28. The zero-order valence-corrected chi connectivity index (χ0v) is 10.5. The van der Waals surface area contributed by atoms with E-state index in [0.29, 0.717) is 0 Å². The summed E-state index contributed by atoms with van der Waals surface area (Å²) >= 11 is 11.5. The lowest BCUT2D eigenvalue weighted by atomic mass is 10.2. The number of rotatable bonds is 3. The van der Waals surface area contributed by atoms with Gasteiger partial charge in [0.2, 0.25) is 11.7 Å². The van der Waals surface area contributed by atoms with E-state index in [1.54, 1.807) is 0 Å². The Morgan fingerprint density at radius 1 is 1.26 bits per heavy atom. The highest BCUT2D eigenvalue weighted by Gasteiger charge is 2.26. The van der Waals surface area contributed by atoms with E-state index in [1.807, 2.05) is 0 Å². The maximum Gasteiger partial charge on any atom is 0.374 e. The number of nitrogens with zero attached hydrogens (tertiary/aromatic N) is 1. The van der Waals surface area contributed by atoms with Crippen molar-refractivity contribution in [2.45, 2.75) is 6.43 Å². The molecule has 1 aromatic carbocycles. The second-order valence-electron chi connectivity index (χ2n) is 3.50. The third kappa shape index (κ3) is 2.85. The van der Waals surface area contributed by atoms with Crippen LogP contribution in [-0.4, -0.2) is 16.1 Å². The van der Waals surface area contributed by atoms with Crippen LogP contribution >= 0.6 is 23.2 Å². The van der Waals surface area contributed by atoms with E-state index in [1.165, 1.54) is 18.2 Å². The van der Waals surface area contributed by atoms with Crippen molar-refractivity contribution in [2.24, 2.45) is 0 Å². The first-order valence-electron chi connectivity index (χ1n) is 4.87. The molecular weight excluding hydrogens is 303 g/mol. The first kappa shape index (κ1) is 13.8. The van der Waals surface area contributed by atoms with Gasteiger partial charge in [0, 0.05) is 15.6 Å². The van der Waals surface area contributed by atoms with E-state index >= 15 is 0 Å². The van der Waals surface area contributed by atoms with Gasteiger partial charge in [-0.05, 0) is 18.2 Å². The summed E-state index contributed by atoms with van der Waals surface area (Å²) in [6, 6.07) is 4.18. The maximum absolute atomic E-state index is 12.6. The second kappa shape index (κ2) is 5.14. The van der Waals surface area contributed by atoms with E-state index in [4.69, 9.17) is 32.7 Å². The van der Waals surface area contributed by atoms with Gasteiger partial charge in [0.15, 0.2) is 5.69 Å². The smallest absolute Gasteiger partial charge is 0.374 e. The highest BCUT2D eigenvalue weighted by atomic mass is 35.5. The third-order valence-electron chi connectivity index (χ3n) is 2.16.